The maximum Gasteiger partial charge on any atom is 0.490 e. The molecule has 2 aliphatic rings. The number of hydrogen-bond donors (Lipinski definition) is 1. The van der Waals surface area contributed by atoms with Crippen LogP contribution in [0.5, 0.6) is 0 Å². The summed E-state index contributed by atoms with van der Waals surface area (Å²) in [5, 5.41) is 15.0. The van der Waals surface area contributed by atoms with Gasteiger partial charge in [0.1, 0.15) is 11.9 Å². The smallest absolute Gasteiger partial charge is 0.475 e. The van der Waals surface area contributed by atoms with Crippen molar-refractivity contribution in [1.82, 2.24) is 20.2 Å². The molecule has 0 amide bonds. The number of halogens is 3. The molecule has 0 unspecified atom stereocenters. The van der Waals surface area contributed by atoms with Crippen LogP contribution >= 0.6 is 0 Å². The SMILES string of the molecule is Cc1noc([C@@H]2C[C@H]3CN(Cc4cc(C)on4)C[C@H]3O2)n1.O=C(O)C(F)(F)F. The molecule has 154 valence electrons. The first kappa shape index (κ1) is 20.3. The molecule has 4 heterocycles. The zero-order chi connectivity index (χ0) is 20.5. The number of alkyl halides is 3. The minimum absolute atomic E-state index is 0.0438. The van der Waals surface area contributed by atoms with Crippen molar-refractivity contribution < 1.29 is 36.9 Å². The van der Waals surface area contributed by atoms with E-state index in [4.69, 9.17) is 23.7 Å². The Kier molecular flexibility index (Phi) is 5.70. The van der Waals surface area contributed by atoms with Crippen LogP contribution in [0.25, 0.3) is 0 Å². The Labute approximate surface area is 157 Å². The Morgan fingerprint density at radius 3 is 2.50 bits per heavy atom. The van der Waals surface area contributed by atoms with Gasteiger partial charge in [0.2, 0.25) is 0 Å². The molecule has 2 aliphatic heterocycles. The maximum absolute atomic E-state index is 10.6. The maximum atomic E-state index is 10.6. The topological polar surface area (TPSA) is 115 Å². The number of nitrogens with zero attached hydrogens (tertiary/aromatic N) is 4. The van der Waals surface area contributed by atoms with E-state index in [1.54, 1.807) is 0 Å². The van der Waals surface area contributed by atoms with Gasteiger partial charge in [-0.05, 0) is 20.3 Å². The van der Waals surface area contributed by atoms with Gasteiger partial charge in [0.15, 0.2) is 5.82 Å². The molecule has 0 spiro atoms. The number of ether oxygens (including phenoxy) is 1. The first-order valence-corrected chi connectivity index (χ1v) is 8.52. The van der Waals surface area contributed by atoms with Crippen molar-refractivity contribution in [3.8, 4) is 0 Å². The Morgan fingerprint density at radius 2 is 2.00 bits per heavy atom. The molecular weight excluding hydrogens is 385 g/mol. The van der Waals surface area contributed by atoms with Crippen molar-refractivity contribution in [3.05, 3.63) is 29.2 Å². The number of carbonyl (C=O) groups is 1. The zero-order valence-electron chi connectivity index (χ0n) is 15.1. The molecule has 0 bridgehead atoms. The Bertz CT molecular complexity index is 807. The number of likely N-dealkylation sites (tertiary alicyclic amines) is 1. The number of carboxylic acid groups (broad SMARTS) is 1. The molecule has 0 aliphatic carbocycles. The fourth-order valence-electron chi connectivity index (χ4n) is 3.30. The van der Waals surface area contributed by atoms with E-state index in [1.165, 1.54) is 0 Å². The molecule has 12 heteroatoms. The minimum Gasteiger partial charge on any atom is -0.475 e. The quantitative estimate of drug-likeness (QED) is 0.822. The van der Waals surface area contributed by atoms with Crippen molar-refractivity contribution >= 4 is 5.97 Å². The van der Waals surface area contributed by atoms with Crippen molar-refractivity contribution in [2.75, 3.05) is 13.1 Å². The second-order valence-corrected chi connectivity index (χ2v) is 6.76. The van der Waals surface area contributed by atoms with Crippen molar-refractivity contribution in [1.29, 1.82) is 0 Å². The van der Waals surface area contributed by atoms with Crippen LogP contribution in [0.4, 0.5) is 13.2 Å². The average Bonchev–Trinajstić information content (AvgIpc) is 3.32. The number of fused-ring (bicyclic) bond motifs is 1. The van der Waals surface area contributed by atoms with Crippen molar-refractivity contribution in [2.45, 2.75) is 45.2 Å². The summed E-state index contributed by atoms with van der Waals surface area (Å²) in [4.78, 5) is 15.5. The average molecular weight is 404 g/mol. The first-order valence-electron chi connectivity index (χ1n) is 8.52. The summed E-state index contributed by atoms with van der Waals surface area (Å²) in [5.41, 5.74) is 0.983. The van der Waals surface area contributed by atoms with Crippen LogP contribution in [0, 0.1) is 19.8 Å². The standard InChI is InChI=1S/C14H18N4O3.C2HF3O2/c1-8-3-11(17-20-8)6-18-5-10-4-12(19-13(10)7-18)14-15-9(2)16-21-14;3-2(4,5)1(6)7/h3,10,12-13H,4-7H2,1-2H3;(H,6,7)/t10-,12-,13+;/m0./s1. The molecule has 2 aromatic heterocycles. The molecule has 0 saturated carbocycles. The van der Waals surface area contributed by atoms with Gasteiger partial charge in [-0.1, -0.05) is 10.3 Å². The van der Waals surface area contributed by atoms with Gasteiger partial charge in [0, 0.05) is 31.6 Å². The molecule has 28 heavy (non-hydrogen) atoms. The van der Waals surface area contributed by atoms with Gasteiger partial charge in [-0.3, -0.25) is 4.90 Å². The van der Waals surface area contributed by atoms with Crippen LogP contribution in [-0.2, 0) is 16.1 Å². The van der Waals surface area contributed by atoms with E-state index in [2.05, 4.69) is 20.2 Å². The largest absolute Gasteiger partial charge is 0.490 e. The summed E-state index contributed by atoms with van der Waals surface area (Å²) in [6, 6.07) is 1.99. The van der Waals surface area contributed by atoms with E-state index in [1.807, 2.05) is 19.9 Å². The summed E-state index contributed by atoms with van der Waals surface area (Å²) < 4.78 is 48.1. The molecule has 2 fully saturated rings. The summed E-state index contributed by atoms with van der Waals surface area (Å²) in [7, 11) is 0. The lowest BCUT2D eigenvalue weighted by atomic mass is 10.0. The number of carboxylic acids is 1. The van der Waals surface area contributed by atoms with Gasteiger partial charge in [0.05, 0.1) is 11.8 Å². The summed E-state index contributed by atoms with van der Waals surface area (Å²) in [6.07, 6.45) is -3.94. The highest BCUT2D eigenvalue weighted by Crippen LogP contribution is 2.40. The Balaban J connectivity index is 0.000000279. The lowest BCUT2D eigenvalue weighted by Gasteiger charge is -2.16. The molecular formula is C16H19F3N4O5. The van der Waals surface area contributed by atoms with E-state index in [0.717, 1.165) is 37.5 Å². The fourth-order valence-corrected chi connectivity index (χ4v) is 3.30. The van der Waals surface area contributed by atoms with Crippen LogP contribution in [0.2, 0.25) is 0 Å². The normalized spacial score (nSPS) is 24.7. The third kappa shape index (κ3) is 4.87. The lowest BCUT2D eigenvalue weighted by Crippen LogP contribution is -2.23. The van der Waals surface area contributed by atoms with Gasteiger partial charge in [0.25, 0.3) is 5.89 Å². The minimum atomic E-state index is -5.08. The van der Waals surface area contributed by atoms with Crippen LogP contribution in [-0.4, -0.2) is 56.6 Å². The Morgan fingerprint density at radius 1 is 1.29 bits per heavy atom. The second-order valence-electron chi connectivity index (χ2n) is 6.76. The van der Waals surface area contributed by atoms with E-state index in [0.29, 0.717) is 17.6 Å². The number of aliphatic carboxylic acids is 1. The highest BCUT2D eigenvalue weighted by molar-refractivity contribution is 5.73. The lowest BCUT2D eigenvalue weighted by molar-refractivity contribution is -0.192. The molecule has 2 saturated heterocycles. The fraction of sp³-hybridized carbons (Fsp3) is 0.625. The van der Waals surface area contributed by atoms with Gasteiger partial charge in [-0.25, -0.2) is 4.79 Å². The third-order valence-electron chi connectivity index (χ3n) is 4.44. The van der Waals surface area contributed by atoms with Gasteiger partial charge in [-0.15, -0.1) is 0 Å². The molecule has 0 aromatic carbocycles. The van der Waals surface area contributed by atoms with Gasteiger partial charge >= 0.3 is 12.1 Å². The highest BCUT2D eigenvalue weighted by atomic mass is 19.4. The monoisotopic (exact) mass is 404 g/mol. The van der Waals surface area contributed by atoms with Gasteiger partial charge in [-0.2, -0.15) is 18.2 Å². The van der Waals surface area contributed by atoms with Crippen LogP contribution in [0.15, 0.2) is 15.1 Å². The van der Waals surface area contributed by atoms with E-state index < -0.39 is 12.1 Å². The third-order valence-corrected chi connectivity index (χ3v) is 4.44. The zero-order valence-corrected chi connectivity index (χ0v) is 15.1. The molecule has 0 radical (unpaired) electrons. The molecule has 4 rings (SSSR count). The van der Waals surface area contributed by atoms with Gasteiger partial charge < -0.3 is 18.9 Å². The van der Waals surface area contributed by atoms with E-state index >= 15 is 0 Å². The second kappa shape index (κ2) is 7.87. The highest BCUT2D eigenvalue weighted by Gasteiger charge is 2.44. The number of aromatic nitrogens is 3. The van der Waals surface area contributed by atoms with Crippen molar-refractivity contribution in [2.24, 2.45) is 5.92 Å². The summed E-state index contributed by atoms with van der Waals surface area (Å²) in [5.74, 6) is -0.107. The first-order chi connectivity index (χ1) is 13.1. The Hall–Kier alpha value is -2.47. The summed E-state index contributed by atoms with van der Waals surface area (Å²) >= 11 is 0. The molecule has 2 aromatic rings. The van der Waals surface area contributed by atoms with Crippen molar-refractivity contribution in [3.63, 3.8) is 0 Å². The summed E-state index contributed by atoms with van der Waals surface area (Å²) in [6.45, 7) is 6.48. The van der Waals surface area contributed by atoms with Crippen LogP contribution in [0.1, 0.15) is 35.7 Å². The van der Waals surface area contributed by atoms with E-state index in [-0.39, 0.29) is 12.2 Å². The molecule has 3 atom stereocenters. The number of hydrogen-bond acceptors (Lipinski definition) is 8. The predicted octanol–water partition coefficient (Wildman–Crippen LogP) is 2.27. The van der Waals surface area contributed by atoms with E-state index in [9.17, 15) is 13.2 Å². The van der Waals surface area contributed by atoms with Crippen LogP contribution < -0.4 is 0 Å². The number of aryl methyl sites for hydroxylation is 2. The molecule has 9 nitrogen and oxygen atoms in total. The van der Waals surface area contributed by atoms with Crippen LogP contribution in [0.3, 0.4) is 0 Å². The number of rotatable bonds is 3. The molecule has 1 N–H and O–H groups in total. The predicted molar refractivity (Wildman–Crippen MR) is 85.0 cm³/mol.